The number of hydrogen-bond donors (Lipinski definition) is 1. The van der Waals surface area contributed by atoms with Gasteiger partial charge in [-0.3, -0.25) is 9.59 Å². The van der Waals surface area contributed by atoms with Crippen molar-refractivity contribution in [1.29, 1.82) is 0 Å². The topological polar surface area (TPSA) is 49.4 Å². The molecule has 0 unspecified atom stereocenters. The standard InChI is InChI=1S/C22H26N2O2/c1-15-11-13-24(14-12-15)22(26)19-9-7-18(8-10-19)21(25)23-20-16(2)5-4-6-17(20)3/h4-10,15H,11-14H2,1-3H3,(H,23,25). The molecule has 0 aliphatic carbocycles. The fourth-order valence-corrected chi connectivity index (χ4v) is 3.36. The Bertz CT molecular complexity index is 783. The van der Waals surface area contributed by atoms with Crippen LogP contribution < -0.4 is 5.32 Å². The average Bonchev–Trinajstić information content (AvgIpc) is 2.65. The van der Waals surface area contributed by atoms with E-state index < -0.39 is 0 Å². The minimum absolute atomic E-state index is 0.0543. The number of carbonyl (C=O) groups excluding carboxylic acids is 2. The van der Waals surface area contributed by atoms with Gasteiger partial charge in [-0.2, -0.15) is 0 Å². The van der Waals surface area contributed by atoms with Gasteiger partial charge in [0.1, 0.15) is 0 Å². The van der Waals surface area contributed by atoms with E-state index in [9.17, 15) is 9.59 Å². The van der Waals surface area contributed by atoms with Gasteiger partial charge in [-0.05, 0) is 68.0 Å². The summed E-state index contributed by atoms with van der Waals surface area (Å²) in [5, 5.41) is 2.98. The van der Waals surface area contributed by atoms with Crippen molar-refractivity contribution in [3.63, 3.8) is 0 Å². The molecule has 136 valence electrons. The van der Waals surface area contributed by atoms with Crippen molar-refractivity contribution in [1.82, 2.24) is 4.90 Å². The SMILES string of the molecule is Cc1cccc(C)c1NC(=O)c1ccc(C(=O)N2CCC(C)CC2)cc1. The molecule has 1 fully saturated rings. The van der Waals surface area contributed by atoms with Gasteiger partial charge in [0.15, 0.2) is 0 Å². The predicted molar refractivity (Wildman–Crippen MR) is 105 cm³/mol. The van der Waals surface area contributed by atoms with Crippen molar-refractivity contribution in [2.24, 2.45) is 5.92 Å². The van der Waals surface area contributed by atoms with E-state index in [4.69, 9.17) is 0 Å². The molecule has 1 heterocycles. The number of anilines is 1. The zero-order chi connectivity index (χ0) is 18.7. The summed E-state index contributed by atoms with van der Waals surface area (Å²) in [7, 11) is 0. The van der Waals surface area contributed by atoms with Crippen LogP contribution in [0.5, 0.6) is 0 Å². The largest absolute Gasteiger partial charge is 0.339 e. The van der Waals surface area contributed by atoms with Gasteiger partial charge >= 0.3 is 0 Å². The molecule has 3 rings (SSSR count). The molecule has 4 nitrogen and oxygen atoms in total. The molecule has 0 atom stereocenters. The maximum Gasteiger partial charge on any atom is 0.255 e. The molecule has 26 heavy (non-hydrogen) atoms. The summed E-state index contributed by atoms with van der Waals surface area (Å²) in [5.41, 5.74) is 4.11. The number of nitrogens with zero attached hydrogens (tertiary/aromatic N) is 1. The maximum absolute atomic E-state index is 12.6. The van der Waals surface area contributed by atoms with Gasteiger partial charge in [-0.25, -0.2) is 0 Å². The normalized spacial score (nSPS) is 15.0. The molecule has 0 radical (unpaired) electrons. The average molecular weight is 350 g/mol. The zero-order valence-corrected chi connectivity index (χ0v) is 15.7. The Morgan fingerprint density at radius 2 is 1.46 bits per heavy atom. The third-order valence-electron chi connectivity index (χ3n) is 5.18. The Balaban J connectivity index is 1.69. The first-order valence-corrected chi connectivity index (χ1v) is 9.22. The summed E-state index contributed by atoms with van der Waals surface area (Å²) in [4.78, 5) is 27.0. The van der Waals surface area contributed by atoms with Crippen LogP contribution in [0.3, 0.4) is 0 Å². The Kier molecular flexibility index (Phi) is 5.40. The van der Waals surface area contributed by atoms with Gasteiger partial charge in [0, 0.05) is 29.9 Å². The van der Waals surface area contributed by atoms with Gasteiger partial charge in [0.2, 0.25) is 0 Å². The number of nitrogens with one attached hydrogen (secondary N) is 1. The summed E-state index contributed by atoms with van der Waals surface area (Å²) < 4.78 is 0. The number of likely N-dealkylation sites (tertiary alicyclic amines) is 1. The molecule has 0 spiro atoms. The third kappa shape index (κ3) is 3.96. The van der Waals surface area contributed by atoms with E-state index in [1.165, 1.54) is 0 Å². The lowest BCUT2D eigenvalue weighted by Gasteiger charge is -2.30. The Morgan fingerprint density at radius 1 is 0.923 bits per heavy atom. The van der Waals surface area contributed by atoms with Crippen molar-refractivity contribution in [3.05, 3.63) is 64.7 Å². The van der Waals surface area contributed by atoms with Crippen molar-refractivity contribution < 1.29 is 9.59 Å². The molecular formula is C22H26N2O2. The van der Waals surface area contributed by atoms with E-state index >= 15 is 0 Å². The quantitative estimate of drug-likeness (QED) is 0.890. The van der Waals surface area contributed by atoms with Crippen molar-refractivity contribution >= 4 is 17.5 Å². The fraction of sp³-hybridized carbons (Fsp3) is 0.364. The van der Waals surface area contributed by atoms with E-state index in [2.05, 4.69) is 12.2 Å². The molecule has 0 aromatic heterocycles. The first-order valence-electron chi connectivity index (χ1n) is 9.22. The van der Waals surface area contributed by atoms with Crippen LogP contribution in [0, 0.1) is 19.8 Å². The molecule has 2 amide bonds. The second-order valence-corrected chi connectivity index (χ2v) is 7.27. The summed E-state index contributed by atoms with van der Waals surface area (Å²) in [6.45, 7) is 7.81. The van der Waals surface area contributed by atoms with E-state index in [-0.39, 0.29) is 11.8 Å². The Morgan fingerprint density at radius 3 is 2.04 bits per heavy atom. The monoisotopic (exact) mass is 350 g/mol. The molecule has 2 aromatic rings. The van der Waals surface area contributed by atoms with Crippen molar-refractivity contribution in [2.75, 3.05) is 18.4 Å². The minimum atomic E-state index is -0.159. The van der Waals surface area contributed by atoms with Gasteiger partial charge < -0.3 is 10.2 Å². The van der Waals surface area contributed by atoms with Crippen molar-refractivity contribution in [2.45, 2.75) is 33.6 Å². The minimum Gasteiger partial charge on any atom is -0.339 e. The predicted octanol–water partition coefficient (Wildman–Crippen LogP) is 4.43. The highest BCUT2D eigenvalue weighted by Gasteiger charge is 2.21. The highest BCUT2D eigenvalue weighted by molar-refractivity contribution is 6.05. The lowest BCUT2D eigenvalue weighted by molar-refractivity contribution is 0.0697. The zero-order valence-electron chi connectivity index (χ0n) is 15.7. The van der Waals surface area contributed by atoms with Crippen LogP contribution in [0.25, 0.3) is 0 Å². The van der Waals surface area contributed by atoms with Crippen LogP contribution in [-0.4, -0.2) is 29.8 Å². The number of carbonyl (C=O) groups is 2. The summed E-state index contributed by atoms with van der Waals surface area (Å²) in [6.07, 6.45) is 2.12. The number of rotatable bonds is 3. The molecule has 0 bridgehead atoms. The number of aryl methyl sites for hydroxylation is 2. The highest BCUT2D eigenvalue weighted by atomic mass is 16.2. The Hall–Kier alpha value is -2.62. The number of para-hydroxylation sites is 1. The molecule has 4 heteroatoms. The second-order valence-electron chi connectivity index (χ2n) is 7.27. The van der Waals surface area contributed by atoms with Gasteiger partial charge in [0.05, 0.1) is 0 Å². The van der Waals surface area contributed by atoms with Gasteiger partial charge in [0.25, 0.3) is 11.8 Å². The van der Waals surface area contributed by atoms with Crippen LogP contribution in [0.4, 0.5) is 5.69 Å². The fourth-order valence-electron chi connectivity index (χ4n) is 3.36. The Labute approximate surface area is 155 Å². The van der Waals surface area contributed by atoms with Crippen molar-refractivity contribution in [3.8, 4) is 0 Å². The summed E-state index contributed by atoms with van der Waals surface area (Å²) in [5.74, 6) is 0.585. The van der Waals surface area contributed by atoms with Crippen LogP contribution >= 0.6 is 0 Å². The summed E-state index contributed by atoms with van der Waals surface area (Å²) >= 11 is 0. The molecular weight excluding hydrogens is 324 g/mol. The first-order chi connectivity index (χ1) is 12.5. The van der Waals surface area contributed by atoms with Crippen LogP contribution in [0.15, 0.2) is 42.5 Å². The van der Waals surface area contributed by atoms with E-state index in [1.807, 2.05) is 36.9 Å². The second kappa shape index (κ2) is 7.73. The number of benzene rings is 2. The van der Waals surface area contributed by atoms with Crippen LogP contribution in [0.2, 0.25) is 0 Å². The van der Waals surface area contributed by atoms with Gasteiger partial charge in [-0.15, -0.1) is 0 Å². The number of amides is 2. The number of hydrogen-bond acceptors (Lipinski definition) is 2. The van der Waals surface area contributed by atoms with Crippen LogP contribution in [0.1, 0.15) is 51.6 Å². The lowest BCUT2D eigenvalue weighted by atomic mass is 9.98. The van der Waals surface area contributed by atoms with Gasteiger partial charge in [-0.1, -0.05) is 25.1 Å². The lowest BCUT2D eigenvalue weighted by Crippen LogP contribution is -2.37. The van der Waals surface area contributed by atoms with E-state index in [1.54, 1.807) is 24.3 Å². The highest BCUT2D eigenvalue weighted by Crippen LogP contribution is 2.21. The molecule has 2 aromatic carbocycles. The summed E-state index contributed by atoms with van der Waals surface area (Å²) in [6, 6.07) is 12.9. The molecule has 1 aliphatic rings. The van der Waals surface area contributed by atoms with E-state index in [0.717, 1.165) is 42.7 Å². The van der Waals surface area contributed by atoms with Crippen LogP contribution in [-0.2, 0) is 0 Å². The first kappa shape index (κ1) is 18.2. The molecule has 0 saturated carbocycles. The molecule has 1 saturated heterocycles. The third-order valence-corrected chi connectivity index (χ3v) is 5.18. The smallest absolute Gasteiger partial charge is 0.255 e. The molecule has 1 N–H and O–H groups in total. The maximum atomic E-state index is 12.6. The number of piperidine rings is 1. The van der Waals surface area contributed by atoms with E-state index in [0.29, 0.717) is 17.0 Å². The molecule has 1 aliphatic heterocycles.